The summed E-state index contributed by atoms with van der Waals surface area (Å²) in [5.74, 6) is 3.85. The maximum absolute atomic E-state index is 6.97. The highest BCUT2D eigenvalue weighted by molar-refractivity contribution is 7.16. The lowest BCUT2D eigenvalue weighted by Crippen LogP contribution is -2.51. The van der Waals surface area contributed by atoms with Gasteiger partial charge in [0.1, 0.15) is 0 Å². The molecule has 5 heteroatoms. The minimum atomic E-state index is -0.304. The Morgan fingerprint density at radius 2 is 2.06 bits per heavy atom. The van der Waals surface area contributed by atoms with Gasteiger partial charge in [0.15, 0.2) is 10.9 Å². The Kier molecular flexibility index (Phi) is 5.42. The van der Waals surface area contributed by atoms with Crippen molar-refractivity contribution in [2.45, 2.75) is 91.0 Å². The van der Waals surface area contributed by atoms with Crippen molar-refractivity contribution in [3.05, 3.63) is 29.3 Å². The summed E-state index contributed by atoms with van der Waals surface area (Å²) in [6, 6.07) is 0. The highest BCUT2D eigenvalue weighted by Crippen LogP contribution is 2.71. The fourth-order valence-corrected chi connectivity index (χ4v) is 11.3. The minimum Gasteiger partial charge on any atom is -0.358 e. The predicted octanol–water partition coefficient (Wildman–Crippen LogP) is 7.33. The molecule has 10 atom stereocenters. The van der Waals surface area contributed by atoms with Crippen LogP contribution in [-0.4, -0.2) is 30.0 Å². The first-order valence-electron chi connectivity index (χ1n) is 14.7. The van der Waals surface area contributed by atoms with Gasteiger partial charge in [-0.15, -0.1) is 6.58 Å². The summed E-state index contributed by atoms with van der Waals surface area (Å²) in [5.41, 5.74) is 3.60. The van der Waals surface area contributed by atoms with Gasteiger partial charge in [-0.25, -0.2) is 4.98 Å². The third-order valence-electron chi connectivity index (χ3n) is 12.0. The maximum Gasteiger partial charge on any atom is 0.183 e. The van der Waals surface area contributed by atoms with Gasteiger partial charge in [-0.3, -0.25) is 0 Å². The Labute approximate surface area is 221 Å². The van der Waals surface area contributed by atoms with Crippen LogP contribution < -0.4 is 5.32 Å². The van der Waals surface area contributed by atoms with Crippen LogP contribution in [0.1, 0.15) is 83.2 Å². The summed E-state index contributed by atoms with van der Waals surface area (Å²) in [6.07, 6.45) is 14.8. The van der Waals surface area contributed by atoms with Crippen LogP contribution in [0.4, 0.5) is 5.13 Å². The Hall–Kier alpha value is -1.17. The van der Waals surface area contributed by atoms with Crippen LogP contribution in [0, 0.1) is 46.3 Å². The summed E-state index contributed by atoms with van der Waals surface area (Å²) in [6.45, 7) is 15.5. The molecule has 4 nitrogen and oxygen atoms in total. The van der Waals surface area contributed by atoms with Gasteiger partial charge >= 0.3 is 0 Å². The topological polar surface area (TPSA) is 43.4 Å². The molecule has 1 aromatic rings. The van der Waals surface area contributed by atoms with E-state index in [1.807, 2.05) is 17.4 Å². The molecule has 0 aromatic carbocycles. The van der Waals surface area contributed by atoms with E-state index in [-0.39, 0.29) is 11.2 Å². The normalized spacial score (nSPS) is 48.9. The van der Waals surface area contributed by atoms with Crippen LogP contribution in [-0.2, 0) is 15.9 Å². The molecular weight excluding hydrogens is 464 g/mol. The molecule has 0 bridgehead atoms. The SMILES string of the molecule is C=CCNc1nc2c(s1)C1=CC[C@H]3[C@@H]4C[C@@H]5O[C@]6(CC[C@@H](C)CO6)[C@@H](C)[C@@H]5[C@@]4(C)CC[C@@H]3[C@@]1(C)CC2. The molecule has 1 N–H and O–H groups in total. The van der Waals surface area contributed by atoms with Crippen molar-refractivity contribution in [1.82, 2.24) is 4.98 Å². The molecule has 1 spiro atoms. The van der Waals surface area contributed by atoms with Crippen molar-refractivity contribution in [3.8, 4) is 0 Å². The van der Waals surface area contributed by atoms with Crippen LogP contribution >= 0.6 is 11.3 Å². The van der Waals surface area contributed by atoms with Gasteiger partial charge in [0, 0.05) is 18.9 Å². The number of hydrogen-bond acceptors (Lipinski definition) is 5. The minimum absolute atomic E-state index is 0.285. The molecule has 0 amide bonds. The average molecular weight is 509 g/mol. The van der Waals surface area contributed by atoms with E-state index in [4.69, 9.17) is 14.5 Å². The zero-order valence-electron chi connectivity index (χ0n) is 22.6. The first-order chi connectivity index (χ1) is 17.3. The lowest BCUT2D eigenvalue weighted by atomic mass is 9.47. The lowest BCUT2D eigenvalue weighted by Gasteiger charge is -2.57. The van der Waals surface area contributed by atoms with Gasteiger partial charge in [0.25, 0.3) is 0 Å². The number of nitrogens with zero attached hydrogens (tertiary/aromatic N) is 1. The number of hydrogen-bond donors (Lipinski definition) is 1. The number of aryl methyl sites for hydroxylation is 1. The smallest absolute Gasteiger partial charge is 0.183 e. The molecule has 1 aromatic heterocycles. The van der Waals surface area contributed by atoms with Gasteiger partial charge in [0.2, 0.25) is 0 Å². The Morgan fingerprint density at radius 1 is 1.19 bits per heavy atom. The van der Waals surface area contributed by atoms with Crippen molar-refractivity contribution in [1.29, 1.82) is 0 Å². The van der Waals surface area contributed by atoms with Crippen LogP contribution in [0.3, 0.4) is 0 Å². The number of aromatic nitrogens is 1. The second-order valence-corrected chi connectivity index (χ2v) is 14.6. The Morgan fingerprint density at radius 3 is 2.83 bits per heavy atom. The summed E-state index contributed by atoms with van der Waals surface area (Å²) in [5, 5.41) is 4.50. The van der Waals surface area contributed by atoms with Crippen LogP contribution in [0.5, 0.6) is 0 Å². The van der Waals surface area contributed by atoms with E-state index in [0.29, 0.717) is 29.3 Å². The molecule has 2 aliphatic heterocycles. The fourth-order valence-electron chi connectivity index (χ4n) is 10.1. The van der Waals surface area contributed by atoms with Crippen molar-refractivity contribution < 1.29 is 9.47 Å². The Bertz CT molecular complexity index is 1090. The van der Waals surface area contributed by atoms with Crippen molar-refractivity contribution in [3.63, 3.8) is 0 Å². The quantitative estimate of drug-likeness (QED) is 0.434. The molecule has 36 heavy (non-hydrogen) atoms. The average Bonchev–Trinajstić information content (AvgIpc) is 3.49. The zero-order valence-corrected chi connectivity index (χ0v) is 23.5. The van der Waals surface area contributed by atoms with Gasteiger partial charge in [-0.2, -0.15) is 0 Å². The molecule has 4 aliphatic carbocycles. The number of anilines is 1. The van der Waals surface area contributed by atoms with Gasteiger partial charge in [-0.1, -0.05) is 51.2 Å². The molecule has 7 rings (SSSR count). The number of fused-ring (bicyclic) bond motifs is 9. The van der Waals surface area contributed by atoms with Crippen molar-refractivity contribution in [2.24, 2.45) is 46.3 Å². The van der Waals surface area contributed by atoms with Crippen molar-refractivity contribution in [2.75, 3.05) is 18.5 Å². The largest absolute Gasteiger partial charge is 0.358 e. The van der Waals surface area contributed by atoms with Crippen LogP contribution in [0.15, 0.2) is 18.7 Å². The van der Waals surface area contributed by atoms with Gasteiger partial charge < -0.3 is 14.8 Å². The first-order valence-corrected chi connectivity index (χ1v) is 15.5. The molecular formula is C31H44N2O2S. The maximum atomic E-state index is 6.97. The summed E-state index contributed by atoms with van der Waals surface area (Å²) in [4.78, 5) is 6.43. The second kappa shape index (κ2) is 8.16. The predicted molar refractivity (Wildman–Crippen MR) is 147 cm³/mol. The number of ether oxygens (including phenoxy) is 2. The molecule has 2 saturated carbocycles. The van der Waals surface area contributed by atoms with Gasteiger partial charge in [-0.05, 0) is 90.9 Å². The van der Waals surface area contributed by atoms with Crippen LogP contribution in [0.25, 0.3) is 5.57 Å². The number of thiazole rings is 1. The molecule has 0 radical (unpaired) electrons. The van der Waals surface area contributed by atoms with E-state index in [1.54, 1.807) is 5.57 Å². The summed E-state index contributed by atoms with van der Waals surface area (Å²) in [7, 11) is 0. The van der Waals surface area contributed by atoms with E-state index in [0.717, 1.165) is 48.9 Å². The Balaban J connectivity index is 1.17. The molecule has 3 heterocycles. The highest BCUT2D eigenvalue weighted by atomic mass is 32.1. The monoisotopic (exact) mass is 508 g/mol. The van der Waals surface area contributed by atoms with E-state index < -0.39 is 0 Å². The number of allylic oxidation sites excluding steroid dienone is 2. The summed E-state index contributed by atoms with van der Waals surface area (Å²) >= 11 is 1.87. The molecule has 6 aliphatic rings. The third-order valence-corrected chi connectivity index (χ3v) is 13.0. The van der Waals surface area contributed by atoms with Gasteiger partial charge in [0.05, 0.1) is 23.3 Å². The first kappa shape index (κ1) is 23.9. The lowest BCUT2D eigenvalue weighted by molar-refractivity contribution is -0.272. The fraction of sp³-hybridized carbons (Fsp3) is 0.774. The van der Waals surface area contributed by atoms with Crippen LogP contribution in [0.2, 0.25) is 0 Å². The van der Waals surface area contributed by atoms with E-state index in [9.17, 15) is 0 Å². The molecule has 196 valence electrons. The van der Waals surface area contributed by atoms with Crippen molar-refractivity contribution >= 4 is 22.0 Å². The standard InChI is InChI=1S/C31H44N2O2S/c1-6-15-32-28-33-24-11-13-29(4)21-10-12-30(5)23(20(21)7-8-22(29)27(24)36-28)16-25-26(30)19(3)31(35-25)14-9-18(2)17-34-31/h6,8,18-21,23,25-26H,1,7,9-17H2,2-5H3,(H,32,33)/t18-,19+,20-,21+,23+,25+,26+,29-,30+,31-/m1/s1. The highest BCUT2D eigenvalue weighted by Gasteiger charge is 2.68. The molecule has 4 fully saturated rings. The molecule has 2 saturated heterocycles. The molecule has 0 unspecified atom stereocenters. The zero-order chi connectivity index (χ0) is 24.9. The second-order valence-electron chi connectivity index (χ2n) is 13.6. The number of rotatable bonds is 3. The third kappa shape index (κ3) is 3.15. The van der Waals surface area contributed by atoms with E-state index >= 15 is 0 Å². The van der Waals surface area contributed by atoms with E-state index in [1.165, 1.54) is 49.1 Å². The summed E-state index contributed by atoms with van der Waals surface area (Å²) < 4.78 is 13.5. The number of nitrogens with one attached hydrogen (secondary N) is 1. The van der Waals surface area contributed by atoms with E-state index in [2.05, 4.69) is 45.7 Å².